The lowest BCUT2D eigenvalue weighted by Gasteiger charge is -2.32. The Morgan fingerprint density at radius 3 is 2.90 bits per heavy atom. The molecule has 1 heterocycles. The van der Waals surface area contributed by atoms with Crippen LogP contribution in [0.25, 0.3) is 0 Å². The van der Waals surface area contributed by atoms with Crippen LogP contribution in [0, 0.1) is 5.92 Å². The monoisotopic (exact) mass is 275 g/mol. The number of nitrogens with zero attached hydrogens (tertiary/aromatic N) is 1. The molecule has 1 aliphatic heterocycles. The van der Waals surface area contributed by atoms with Gasteiger partial charge in [-0.1, -0.05) is 43.7 Å². The number of likely N-dealkylation sites (tertiary alicyclic amines) is 1. The maximum Gasteiger partial charge on any atom is 0.248 e. The van der Waals surface area contributed by atoms with Crippen LogP contribution in [0.2, 0.25) is 0 Å². The van der Waals surface area contributed by atoms with Gasteiger partial charge in [-0.15, -0.1) is 0 Å². The first-order valence-electron chi connectivity index (χ1n) is 7.69. The maximum atomic E-state index is 12.1. The number of carbonyl (C=O) groups is 1. The minimum absolute atomic E-state index is 0.149. The van der Waals surface area contributed by atoms with E-state index in [9.17, 15) is 4.79 Å². The van der Waals surface area contributed by atoms with Crippen LogP contribution in [0.4, 0.5) is 0 Å². The number of piperidine rings is 1. The SMILES string of the molecule is CCC1CCCN(C(=O)COCCc2ccccc2)C1. The van der Waals surface area contributed by atoms with Crippen molar-refractivity contribution in [3.63, 3.8) is 0 Å². The number of rotatable bonds is 6. The number of ether oxygens (including phenoxy) is 1. The van der Waals surface area contributed by atoms with E-state index in [1.54, 1.807) is 0 Å². The van der Waals surface area contributed by atoms with E-state index in [0.29, 0.717) is 12.5 Å². The van der Waals surface area contributed by atoms with Crippen LogP contribution in [0.1, 0.15) is 31.7 Å². The summed E-state index contributed by atoms with van der Waals surface area (Å²) in [6.07, 6.45) is 4.42. The largest absolute Gasteiger partial charge is 0.371 e. The highest BCUT2D eigenvalue weighted by atomic mass is 16.5. The third-order valence-corrected chi connectivity index (χ3v) is 4.05. The van der Waals surface area contributed by atoms with Crippen LogP contribution in [0.15, 0.2) is 30.3 Å². The molecule has 0 spiro atoms. The predicted molar refractivity (Wildman–Crippen MR) is 80.6 cm³/mol. The van der Waals surface area contributed by atoms with E-state index >= 15 is 0 Å². The zero-order valence-electron chi connectivity index (χ0n) is 12.4. The van der Waals surface area contributed by atoms with Gasteiger partial charge in [0, 0.05) is 13.1 Å². The number of benzene rings is 1. The van der Waals surface area contributed by atoms with Gasteiger partial charge < -0.3 is 9.64 Å². The van der Waals surface area contributed by atoms with E-state index in [4.69, 9.17) is 4.74 Å². The highest BCUT2D eigenvalue weighted by Crippen LogP contribution is 2.19. The molecular formula is C17H25NO2. The molecule has 0 bridgehead atoms. The molecule has 0 aromatic heterocycles. The minimum atomic E-state index is 0.149. The highest BCUT2D eigenvalue weighted by Gasteiger charge is 2.22. The molecular weight excluding hydrogens is 250 g/mol. The topological polar surface area (TPSA) is 29.5 Å². The molecule has 3 heteroatoms. The normalized spacial score (nSPS) is 19.1. The minimum Gasteiger partial charge on any atom is -0.371 e. The van der Waals surface area contributed by atoms with Gasteiger partial charge in [-0.2, -0.15) is 0 Å². The second-order valence-electron chi connectivity index (χ2n) is 5.54. The molecule has 2 rings (SSSR count). The van der Waals surface area contributed by atoms with Crippen LogP contribution in [0.3, 0.4) is 0 Å². The number of carbonyl (C=O) groups excluding carboxylic acids is 1. The molecule has 1 unspecified atom stereocenters. The fourth-order valence-electron chi connectivity index (χ4n) is 2.71. The summed E-state index contributed by atoms with van der Waals surface area (Å²) in [6, 6.07) is 10.2. The standard InChI is InChI=1S/C17H25NO2/c1-2-15-9-6-11-18(13-15)17(19)14-20-12-10-16-7-4-3-5-8-16/h3-5,7-8,15H,2,6,9-14H2,1H3. The molecule has 1 atom stereocenters. The number of amides is 1. The van der Waals surface area contributed by atoms with Crippen molar-refractivity contribution < 1.29 is 9.53 Å². The summed E-state index contributed by atoms with van der Waals surface area (Å²) in [4.78, 5) is 14.0. The lowest BCUT2D eigenvalue weighted by atomic mass is 9.96. The Balaban J connectivity index is 1.65. The number of hydrogen-bond donors (Lipinski definition) is 0. The van der Waals surface area contributed by atoms with Gasteiger partial charge in [-0.3, -0.25) is 4.79 Å². The first-order valence-corrected chi connectivity index (χ1v) is 7.69. The fraction of sp³-hybridized carbons (Fsp3) is 0.588. The zero-order valence-corrected chi connectivity index (χ0v) is 12.4. The lowest BCUT2D eigenvalue weighted by Crippen LogP contribution is -2.41. The summed E-state index contributed by atoms with van der Waals surface area (Å²) in [6.45, 7) is 4.85. The molecule has 20 heavy (non-hydrogen) atoms. The van der Waals surface area contributed by atoms with Crippen LogP contribution in [-0.4, -0.2) is 37.1 Å². The van der Waals surface area contributed by atoms with Crippen molar-refractivity contribution in [2.24, 2.45) is 5.92 Å². The van der Waals surface area contributed by atoms with Gasteiger partial charge in [0.15, 0.2) is 0 Å². The summed E-state index contributed by atoms with van der Waals surface area (Å²) in [7, 11) is 0. The summed E-state index contributed by atoms with van der Waals surface area (Å²) >= 11 is 0. The average molecular weight is 275 g/mol. The Kier molecular flexibility index (Phi) is 6.06. The van der Waals surface area contributed by atoms with Crippen LogP contribution < -0.4 is 0 Å². The van der Waals surface area contributed by atoms with Gasteiger partial charge in [-0.05, 0) is 30.7 Å². The second kappa shape index (κ2) is 8.05. The molecule has 1 fully saturated rings. The van der Waals surface area contributed by atoms with Crippen molar-refractivity contribution in [3.05, 3.63) is 35.9 Å². The quantitative estimate of drug-likeness (QED) is 0.747. The maximum absolute atomic E-state index is 12.1. The predicted octanol–water partition coefficient (Wildman–Crippen LogP) is 2.89. The average Bonchev–Trinajstić information content (AvgIpc) is 2.52. The molecule has 1 saturated heterocycles. The molecule has 1 aromatic rings. The Labute approximate surface area is 121 Å². The third-order valence-electron chi connectivity index (χ3n) is 4.05. The number of hydrogen-bond acceptors (Lipinski definition) is 2. The van der Waals surface area contributed by atoms with E-state index in [-0.39, 0.29) is 12.5 Å². The van der Waals surface area contributed by atoms with Gasteiger partial charge in [0.25, 0.3) is 0 Å². The summed E-state index contributed by atoms with van der Waals surface area (Å²) in [5.41, 5.74) is 1.25. The molecule has 1 aliphatic rings. The van der Waals surface area contributed by atoms with Crippen molar-refractivity contribution >= 4 is 5.91 Å². The molecule has 0 aliphatic carbocycles. The Morgan fingerprint density at radius 2 is 2.15 bits per heavy atom. The smallest absolute Gasteiger partial charge is 0.248 e. The highest BCUT2D eigenvalue weighted by molar-refractivity contribution is 5.77. The van der Waals surface area contributed by atoms with E-state index in [1.165, 1.54) is 18.4 Å². The summed E-state index contributed by atoms with van der Waals surface area (Å²) < 4.78 is 5.53. The fourth-order valence-corrected chi connectivity index (χ4v) is 2.71. The van der Waals surface area contributed by atoms with Crippen molar-refractivity contribution in [2.75, 3.05) is 26.3 Å². The molecule has 0 radical (unpaired) electrons. The Morgan fingerprint density at radius 1 is 1.35 bits per heavy atom. The van der Waals surface area contributed by atoms with Crippen molar-refractivity contribution in [2.45, 2.75) is 32.6 Å². The lowest BCUT2D eigenvalue weighted by molar-refractivity contribution is -0.137. The summed E-state index contributed by atoms with van der Waals surface area (Å²) in [5.74, 6) is 0.827. The van der Waals surface area contributed by atoms with E-state index in [1.807, 2.05) is 23.1 Å². The van der Waals surface area contributed by atoms with Crippen molar-refractivity contribution in [1.82, 2.24) is 4.90 Å². The molecule has 110 valence electrons. The third kappa shape index (κ3) is 4.64. The van der Waals surface area contributed by atoms with E-state index in [0.717, 1.165) is 25.9 Å². The van der Waals surface area contributed by atoms with Crippen LogP contribution >= 0.6 is 0 Å². The van der Waals surface area contributed by atoms with Gasteiger partial charge in [0.05, 0.1) is 6.61 Å². The van der Waals surface area contributed by atoms with Crippen molar-refractivity contribution in [3.8, 4) is 0 Å². The summed E-state index contributed by atoms with van der Waals surface area (Å²) in [5, 5.41) is 0. The first-order chi connectivity index (χ1) is 9.79. The molecule has 1 amide bonds. The molecule has 3 nitrogen and oxygen atoms in total. The van der Waals surface area contributed by atoms with Crippen LogP contribution in [0.5, 0.6) is 0 Å². The molecule has 0 saturated carbocycles. The van der Waals surface area contributed by atoms with Gasteiger partial charge in [0.2, 0.25) is 5.91 Å². The molecule has 1 aromatic carbocycles. The van der Waals surface area contributed by atoms with Crippen molar-refractivity contribution in [1.29, 1.82) is 0 Å². The van der Waals surface area contributed by atoms with E-state index in [2.05, 4.69) is 19.1 Å². The first kappa shape index (κ1) is 15.0. The van der Waals surface area contributed by atoms with Crippen LogP contribution in [-0.2, 0) is 16.0 Å². The van der Waals surface area contributed by atoms with Gasteiger partial charge >= 0.3 is 0 Å². The van der Waals surface area contributed by atoms with E-state index < -0.39 is 0 Å². The zero-order chi connectivity index (χ0) is 14.2. The van der Waals surface area contributed by atoms with Gasteiger partial charge in [-0.25, -0.2) is 0 Å². The van der Waals surface area contributed by atoms with Gasteiger partial charge in [0.1, 0.15) is 6.61 Å². The Hall–Kier alpha value is -1.35. The molecule has 0 N–H and O–H groups in total. The second-order valence-corrected chi connectivity index (χ2v) is 5.54. The Bertz CT molecular complexity index is 405.